The number of ether oxygens (including phenoxy) is 1. The Morgan fingerprint density at radius 1 is 0.447 bits per heavy atom. The third-order valence-corrected chi connectivity index (χ3v) is 9.46. The van der Waals surface area contributed by atoms with Crippen molar-refractivity contribution < 1.29 is 29.3 Å². The summed E-state index contributed by atoms with van der Waals surface area (Å²) in [6.07, 6.45) is 40.6. The van der Waals surface area contributed by atoms with Crippen LogP contribution in [0.2, 0.25) is 0 Å². The summed E-state index contributed by atoms with van der Waals surface area (Å²) in [6, 6.07) is 3.82. The van der Waals surface area contributed by atoms with Gasteiger partial charge >= 0.3 is 17.9 Å². The third-order valence-electron chi connectivity index (χ3n) is 9.46. The van der Waals surface area contributed by atoms with E-state index >= 15 is 0 Å². The Morgan fingerprint density at radius 3 is 1.04 bits per heavy atom. The molecule has 1 aromatic rings. The molecule has 2 N–H and O–H groups in total. The van der Waals surface area contributed by atoms with E-state index < -0.39 is 29.0 Å². The second-order valence-corrected chi connectivity index (χ2v) is 13.7. The summed E-state index contributed by atoms with van der Waals surface area (Å²) in [5.74, 6) is -3.63. The van der Waals surface area contributed by atoms with Gasteiger partial charge in [0.15, 0.2) is 0 Å². The monoisotopic (exact) mass is 659 g/mol. The molecule has 0 aliphatic carbocycles. The van der Waals surface area contributed by atoms with Gasteiger partial charge in [-0.2, -0.15) is 0 Å². The molecule has 47 heavy (non-hydrogen) atoms. The van der Waals surface area contributed by atoms with Gasteiger partial charge in [0.2, 0.25) is 0 Å². The molecule has 6 nitrogen and oxygen atoms in total. The van der Waals surface area contributed by atoms with E-state index in [0.717, 1.165) is 12.8 Å². The van der Waals surface area contributed by atoms with E-state index in [1.54, 1.807) is 0 Å². The normalized spacial score (nSPS) is 11.2. The number of aromatic carboxylic acids is 2. The van der Waals surface area contributed by atoms with Gasteiger partial charge in [-0.25, -0.2) is 14.4 Å². The van der Waals surface area contributed by atoms with E-state index in [1.165, 1.54) is 192 Å². The summed E-state index contributed by atoms with van der Waals surface area (Å²) in [6.45, 7) is 2.49. The maximum atomic E-state index is 12.3. The molecule has 6 heteroatoms. The first kappa shape index (κ1) is 42.7. The standard InChI is InChI=1S/C41H70O6/c1-2-3-4-5-6-7-8-9-10-11-12-13-14-15-16-17-18-19-20-21-22-23-24-25-26-27-28-29-30-31-35-47-41(46)37-34-32-33-36(39(42)43)38(37)40(44)45/h32-34H,2-31,35H2,1H3,(H,42,43)(H,44,45). The molecule has 0 bridgehead atoms. The molecule has 0 saturated heterocycles. The van der Waals surface area contributed by atoms with Crippen molar-refractivity contribution in [3.05, 3.63) is 34.9 Å². The first-order chi connectivity index (χ1) is 23.0. The Kier molecular flexibility index (Phi) is 28.1. The van der Waals surface area contributed by atoms with E-state index in [1.807, 2.05) is 0 Å². The predicted molar refractivity (Wildman–Crippen MR) is 195 cm³/mol. The van der Waals surface area contributed by atoms with Gasteiger partial charge < -0.3 is 14.9 Å². The van der Waals surface area contributed by atoms with Crippen molar-refractivity contribution in [3.63, 3.8) is 0 Å². The van der Waals surface area contributed by atoms with Crippen molar-refractivity contribution in [2.24, 2.45) is 0 Å². The molecule has 1 aromatic carbocycles. The van der Waals surface area contributed by atoms with Gasteiger partial charge in [-0.15, -0.1) is 0 Å². The van der Waals surface area contributed by atoms with Crippen molar-refractivity contribution in [3.8, 4) is 0 Å². The number of carboxylic acid groups (broad SMARTS) is 2. The Morgan fingerprint density at radius 2 is 0.745 bits per heavy atom. The van der Waals surface area contributed by atoms with Crippen LogP contribution in [0.25, 0.3) is 0 Å². The maximum absolute atomic E-state index is 12.3. The van der Waals surface area contributed by atoms with E-state index in [2.05, 4.69) is 6.92 Å². The fourth-order valence-electron chi connectivity index (χ4n) is 6.50. The lowest BCUT2D eigenvalue weighted by Crippen LogP contribution is -2.16. The number of rotatable bonds is 34. The Bertz CT molecular complexity index is 927. The van der Waals surface area contributed by atoms with Crippen LogP contribution in [0.15, 0.2) is 18.2 Å². The van der Waals surface area contributed by atoms with Gasteiger partial charge in [0.05, 0.1) is 23.3 Å². The first-order valence-electron chi connectivity index (χ1n) is 19.8. The van der Waals surface area contributed by atoms with Gasteiger partial charge in [0.25, 0.3) is 0 Å². The number of unbranched alkanes of at least 4 members (excludes halogenated alkanes) is 29. The van der Waals surface area contributed by atoms with E-state index in [4.69, 9.17) is 4.74 Å². The maximum Gasteiger partial charge on any atom is 0.339 e. The molecule has 0 radical (unpaired) electrons. The number of carbonyl (C=O) groups is 3. The van der Waals surface area contributed by atoms with Gasteiger partial charge in [-0.05, 0) is 18.6 Å². The van der Waals surface area contributed by atoms with Gasteiger partial charge in [0, 0.05) is 0 Å². The summed E-state index contributed by atoms with van der Waals surface area (Å²) in [4.78, 5) is 35.1. The largest absolute Gasteiger partial charge is 0.478 e. The zero-order chi connectivity index (χ0) is 34.2. The fraction of sp³-hybridized carbons (Fsp3) is 0.780. The lowest BCUT2D eigenvalue weighted by molar-refractivity contribution is 0.0487. The van der Waals surface area contributed by atoms with Crippen molar-refractivity contribution in [1.29, 1.82) is 0 Å². The molecule has 0 fully saturated rings. The van der Waals surface area contributed by atoms with Gasteiger partial charge in [-0.3, -0.25) is 0 Å². The highest BCUT2D eigenvalue weighted by molar-refractivity contribution is 6.09. The zero-order valence-electron chi connectivity index (χ0n) is 30.2. The minimum atomic E-state index is -1.45. The topological polar surface area (TPSA) is 101 Å². The molecule has 0 aliphatic heterocycles. The molecule has 0 spiro atoms. The summed E-state index contributed by atoms with van der Waals surface area (Å²) in [5.41, 5.74) is -1.16. The lowest BCUT2D eigenvalue weighted by atomic mass is 10.0. The summed E-state index contributed by atoms with van der Waals surface area (Å²) in [7, 11) is 0. The zero-order valence-corrected chi connectivity index (χ0v) is 30.2. The van der Waals surface area contributed by atoms with E-state index in [0.29, 0.717) is 6.42 Å². The molecule has 1 rings (SSSR count). The van der Waals surface area contributed by atoms with Crippen LogP contribution in [-0.2, 0) is 4.74 Å². The highest BCUT2D eigenvalue weighted by atomic mass is 16.5. The molecule has 0 unspecified atom stereocenters. The van der Waals surface area contributed by atoms with Crippen molar-refractivity contribution >= 4 is 17.9 Å². The van der Waals surface area contributed by atoms with Crippen LogP contribution in [0.3, 0.4) is 0 Å². The number of hydrogen-bond acceptors (Lipinski definition) is 4. The van der Waals surface area contributed by atoms with Crippen molar-refractivity contribution in [2.45, 2.75) is 200 Å². The Labute approximate surface area is 287 Å². The van der Waals surface area contributed by atoms with Crippen LogP contribution >= 0.6 is 0 Å². The smallest absolute Gasteiger partial charge is 0.339 e. The minimum absolute atomic E-state index is 0.203. The predicted octanol–water partition coefficient (Wildman–Crippen LogP) is 13.0. The second-order valence-electron chi connectivity index (χ2n) is 13.7. The number of carbonyl (C=O) groups excluding carboxylic acids is 1. The van der Waals surface area contributed by atoms with Crippen LogP contribution in [0.4, 0.5) is 0 Å². The van der Waals surface area contributed by atoms with Gasteiger partial charge in [-0.1, -0.05) is 199 Å². The fourth-order valence-corrected chi connectivity index (χ4v) is 6.50. The molecule has 0 saturated carbocycles. The van der Waals surface area contributed by atoms with Crippen LogP contribution < -0.4 is 0 Å². The highest BCUT2D eigenvalue weighted by Crippen LogP contribution is 2.19. The number of esters is 1. The molecule has 0 amide bonds. The number of benzene rings is 1. The lowest BCUT2D eigenvalue weighted by Gasteiger charge is -2.09. The first-order valence-corrected chi connectivity index (χ1v) is 19.8. The number of hydrogen-bond donors (Lipinski definition) is 2. The quantitative estimate of drug-likeness (QED) is 0.0564. The van der Waals surface area contributed by atoms with E-state index in [9.17, 15) is 24.6 Å². The van der Waals surface area contributed by atoms with Crippen molar-refractivity contribution in [2.75, 3.05) is 6.61 Å². The highest BCUT2D eigenvalue weighted by Gasteiger charge is 2.24. The molecule has 0 aromatic heterocycles. The average Bonchev–Trinajstić information content (AvgIpc) is 3.06. The SMILES string of the molecule is CCCCCCCCCCCCCCCCCCCCCCCCCCCCCCCCOC(=O)c1cccc(C(=O)O)c1C(=O)O. The van der Waals surface area contributed by atoms with Crippen LogP contribution in [0, 0.1) is 0 Å². The summed E-state index contributed by atoms with van der Waals surface area (Å²) in [5, 5.41) is 18.6. The summed E-state index contributed by atoms with van der Waals surface area (Å²) >= 11 is 0. The van der Waals surface area contributed by atoms with E-state index in [-0.39, 0.29) is 12.2 Å². The molecular weight excluding hydrogens is 588 g/mol. The molecule has 0 atom stereocenters. The van der Waals surface area contributed by atoms with Crippen LogP contribution in [0.1, 0.15) is 231 Å². The van der Waals surface area contributed by atoms with Crippen molar-refractivity contribution in [1.82, 2.24) is 0 Å². The summed E-state index contributed by atoms with van der Waals surface area (Å²) < 4.78 is 5.22. The molecule has 0 heterocycles. The van der Waals surface area contributed by atoms with Crippen LogP contribution in [0.5, 0.6) is 0 Å². The second kappa shape index (κ2) is 30.9. The Balaban J connectivity index is 1.79. The molecular formula is C41H70O6. The van der Waals surface area contributed by atoms with Crippen LogP contribution in [-0.4, -0.2) is 34.7 Å². The minimum Gasteiger partial charge on any atom is -0.478 e. The van der Waals surface area contributed by atoms with Gasteiger partial charge in [0.1, 0.15) is 0 Å². The average molecular weight is 659 g/mol. The third kappa shape index (κ3) is 23.6. The number of carboxylic acids is 2. The molecule has 0 aliphatic rings. The Hall–Kier alpha value is -2.37. The molecule has 270 valence electrons.